The standard InChI is InChI=1S/2C22H21ClFNO3.C21H19ClFNO3.2C2H6/c1-4-11-5-6-12(14-8-7-13(23)10-16(14)24)9-15(11)17-19(26)18-21(20(17)27)28-25-22(18,2)3;1-4-11-5-6-12(13-7-8-15(23)16(24)10-13)9-14(11)17-19(26)18-21(20(17)27)28-25-22(18,2)3;1-3-11-4-5-12(13-6-7-16(22)17(23)9-13)8-14(11)18-19(25)15-10-24(2)27-21(15)20(18)26;2*1-2/h2*5-10,17-18,21,25H,4H2,1-3H3;4-9,15,18,21H,3,10H2,1-2H3;2*1-2H3. The second-order valence-electron chi connectivity index (χ2n) is 23.0. The number of carbonyl (C=O) groups is 6. The summed E-state index contributed by atoms with van der Waals surface area (Å²) in [6.45, 7) is 21.8. The molecule has 0 spiro atoms. The summed E-state index contributed by atoms with van der Waals surface area (Å²) in [5.74, 6) is -6.52. The van der Waals surface area contributed by atoms with Gasteiger partial charge in [0.2, 0.25) is 0 Å². The van der Waals surface area contributed by atoms with E-state index in [9.17, 15) is 41.9 Å². The lowest BCUT2D eigenvalue weighted by atomic mass is 9.82. The number of nitrogens with one attached hydrogen (secondary N) is 2. The average molecular weight is 1250 g/mol. The van der Waals surface area contributed by atoms with Gasteiger partial charge in [-0.25, -0.2) is 13.2 Å². The summed E-state index contributed by atoms with van der Waals surface area (Å²) in [4.78, 5) is 94.8. The molecule has 6 fully saturated rings. The van der Waals surface area contributed by atoms with Crippen LogP contribution in [-0.4, -0.2) is 82.7 Å². The molecule has 18 heteroatoms. The van der Waals surface area contributed by atoms with Crippen molar-refractivity contribution in [3.05, 3.63) is 175 Å². The lowest BCUT2D eigenvalue weighted by Crippen LogP contribution is -2.41. The van der Waals surface area contributed by atoms with E-state index in [2.05, 4.69) is 11.0 Å². The predicted octanol–water partition coefficient (Wildman–Crippen LogP) is 14.3. The van der Waals surface area contributed by atoms with E-state index in [0.717, 1.165) is 27.8 Å². The number of ketones is 6. The van der Waals surface area contributed by atoms with Crippen molar-refractivity contribution in [1.82, 2.24) is 16.0 Å². The van der Waals surface area contributed by atoms with Gasteiger partial charge >= 0.3 is 0 Å². The van der Waals surface area contributed by atoms with E-state index in [-0.39, 0.29) is 44.7 Å². The molecule has 3 saturated carbocycles. The van der Waals surface area contributed by atoms with Gasteiger partial charge < -0.3 is 0 Å². The number of Topliss-reactive ketones (excluding diaryl/α,β-unsaturated/α-hetero) is 6. The van der Waals surface area contributed by atoms with Gasteiger partial charge in [-0.15, -0.1) is 0 Å². The van der Waals surface area contributed by atoms with Crippen LogP contribution in [-0.2, 0) is 62.5 Å². The fourth-order valence-corrected chi connectivity index (χ4v) is 13.0. The Morgan fingerprint density at radius 2 is 0.839 bits per heavy atom. The number of fused-ring (bicyclic) bond motifs is 3. The van der Waals surface area contributed by atoms with E-state index in [1.54, 1.807) is 48.5 Å². The molecule has 12 rings (SSSR count). The van der Waals surface area contributed by atoms with Crippen molar-refractivity contribution in [2.45, 2.75) is 143 Å². The number of halogens is 6. The molecule has 0 bridgehead atoms. The molecule has 9 atom stereocenters. The minimum atomic E-state index is -0.887. The highest BCUT2D eigenvalue weighted by Gasteiger charge is 2.62. The van der Waals surface area contributed by atoms with Crippen molar-refractivity contribution in [3.8, 4) is 33.4 Å². The Morgan fingerprint density at radius 3 is 1.22 bits per heavy atom. The van der Waals surface area contributed by atoms with Crippen LogP contribution in [0.5, 0.6) is 0 Å². The van der Waals surface area contributed by atoms with Gasteiger partial charge in [0.15, 0.2) is 34.7 Å². The van der Waals surface area contributed by atoms with Crippen LogP contribution in [0.4, 0.5) is 13.2 Å². The molecule has 0 radical (unpaired) electrons. The van der Waals surface area contributed by atoms with E-state index in [1.807, 2.05) is 119 Å². The molecule has 6 aromatic rings. The zero-order chi connectivity index (χ0) is 63.7. The first-order chi connectivity index (χ1) is 41.4. The maximum atomic E-state index is 14.4. The molecule has 460 valence electrons. The summed E-state index contributed by atoms with van der Waals surface area (Å²) in [7, 11) is 1.72. The molecule has 87 heavy (non-hydrogen) atoms. The number of hydrogen-bond acceptors (Lipinski definition) is 12. The summed E-state index contributed by atoms with van der Waals surface area (Å²) >= 11 is 17.4. The Labute approximate surface area is 521 Å². The summed E-state index contributed by atoms with van der Waals surface area (Å²) < 4.78 is 42.2. The van der Waals surface area contributed by atoms with Crippen LogP contribution < -0.4 is 11.0 Å². The highest BCUT2D eigenvalue weighted by molar-refractivity contribution is 6.31. The topological polar surface area (TPSA) is 157 Å². The van der Waals surface area contributed by atoms with E-state index < -0.39 is 82.3 Å². The van der Waals surface area contributed by atoms with Crippen LogP contribution >= 0.6 is 34.8 Å². The molecule has 0 amide bonds. The second kappa shape index (κ2) is 27.2. The normalized spacial score (nSPS) is 24.7. The van der Waals surface area contributed by atoms with Crippen molar-refractivity contribution in [2.24, 2.45) is 17.8 Å². The number of aryl methyl sites for hydroxylation is 3. The third-order valence-corrected chi connectivity index (χ3v) is 17.8. The highest BCUT2D eigenvalue weighted by atomic mass is 35.5. The first kappa shape index (κ1) is 66.7. The Hall–Kier alpha value is -6.24. The van der Waals surface area contributed by atoms with Crippen LogP contribution in [0.2, 0.25) is 15.1 Å². The summed E-state index contributed by atoms with van der Waals surface area (Å²) in [6.07, 6.45) is -0.221. The third kappa shape index (κ3) is 12.8. The van der Waals surface area contributed by atoms with Crippen molar-refractivity contribution in [1.29, 1.82) is 0 Å². The minimum Gasteiger partial charge on any atom is -0.298 e. The smallest absolute Gasteiger partial charge is 0.179 e. The lowest BCUT2D eigenvalue weighted by molar-refractivity contribution is -0.154. The van der Waals surface area contributed by atoms with Gasteiger partial charge in [-0.3, -0.25) is 43.3 Å². The first-order valence-corrected chi connectivity index (χ1v) is 30.7. The number of rotatable bonds is 9. The molecular weight excluding hydrogens is 1180 g/mol. The van der Waals surface area contributed by atoms with E-state index in [1.165, 1.54) is 30.3 Å². The van der Waals surface area contributed by atoms with Gasteiger partial charge in [0.05, 0.1) is 38.9 Å². The van der Waals surface area contributed by atoms with Gasteiger partial charge in [0.1, 0.15) is 53.5 Å². The first-order valence-electron chi connectivity index (χ1n) is 29.6. The Balaban J connectivity index is 0.000000164. The van der Waals surface area contributed by atoms with E-state index in [4.69, 9.17) is 49.3 Å². The minimum absolute atomic E-state index is 0.0509. The molecule has 2 N–H and O–H groups in total. The molecule has 0 aromatic heterocycles. The molecule has 3 aliphatic carbocycles. The highest BCUT2D eigenvalue weighted by Crippen LogP contribution is 2.47. The Morgan fingerprint density at radius 1 is 0.471 bits per heavy atom. The molecule has 9 unspecified atom stereocenters. The molecule has 6 aromatic carbocycles. The fraction of sp³-hybridized carbons (Fsp3) is 0.391. The van der Waals surface area contributed by atoms with Crippen molar-refractivity contribution in [3.63, 3.8) is 0 Å². The van der Waals surface area contributed by atoms with Crippen molar-refractivity contribution >= 4 is 69.5 Å². The largest absolute Gasteiger partial charge is 0.298 e. The lowest BCUT2D eigenvalue weighted by Gasteiger charge is -2.23. The van der Waals surface area contributed by atoms with E-state index >= 15 is 0 Å². The zero-order valence-corrected chi connectivity index (χ0v) is 53.1. The maximum absolute atomic E-state index is 14.4. The van der Waals surface area contributed by atoms with Gasteiger partial charge in [0, 0.05) is 24.2 Å². The van der Waals surface area contributed by atoms with Crippen LogP contribution in [0.3, 0.4) is 0 Å². The van der Waals surface area contributed by atoms with Crippen LogP contribution in [0.15, 0.2) is 109 Å². The number of hydroxylamine groups is 4. The number of benzene rings is 6. The fourth-order valence-electron chi connectivity index (χ4n) is 12.6. The van der Waals surface area contributed by atoms with Gasteiger partial charge in [-0.05, 0) is 169 Å². The molecule has 3 heterocycles. The molecule has 6 aliphatic rings. The molecule has 3 aliphatic heterocycles. The molecule has 12 nitrogen and oxygen atoms in total. The molecule has 3 saturated heterocycles. The van der Waals surface area contributed by atoms with Crippen LogP contribution in [0.25, 0.3) is 33.4 Å². The maximum Gasteiger partial charge on any atom is 0.179 e. The number of hydrogen-bond donors (Lipinski definition) is 2. The van der Waals surface area contributed by atoms with Crippen LogP contribution in [0, 0.1) is 35.2 Å². The van der Waals surface area contributed by atoms with Gasteiger partial charge in [0.25, 0.3) is 0 Å². The van der Waals surface area contributed by atoms with E-state index in [0.29, 0.717) is 69.8 Å². The molecular formula is C69H73Cl3F3N3O9. The quantitative estimate of drug-likeness (QED) is 0.132. The third-order valence-electron chi connectivity index (χ3n) is 17.0. The average Bonchev–Trinajstić information content (AvgIpc) is 1.72. The Kier molecular flexibility index (Phi) is 20.9. The van der Waals surface area contributed by atoms with Crippen molar-refractivity contribution < 1.29 is 56.5 Å². The number of carbonyl (C=O) groups excluding carboxylic acids is 6. The SMILES string of the molecule is CC.CC.CCc1ccc(-c2ccc(Cl)c(F)c2)cc1C1C(=O)C2CN(C)OC2C1=O.CCc1ccc(-c2ccc(Cl)c(F)c2)cc1C1C(=O)C2ONC(C)(C)C2C1=O.CCc1ccc(-c2ccc(Cl)cc2F)cc1C1C(=O)C2ONC(C)(C)C2C1=O. The summed E-state index contributed by atoms with van der Waals surface area (Å²) in [5, 5.41) is 1.97. The summed E-state index contributed by atoms with van der Waals surface area (Å²) in [5.41, 5.74) is 12.9. The Bertz CT molecular complexity index is 3640. The van der Waals surface area contributed by atoms with Gasteiger partial charge in [-0.2, -0.15) is 16.0 Å². The second-order valence-corrected chi connectivity index (χ2v) is 24.3. The number of nitrogens with zero attached hydrogens (tertiary/aromatic N) is 1. The van der Waals surface area contributed by atoms with Crippen LogP contribution in [0.1, 0.15) is 127 Å². The van der Waals surface area contributed by atoms with Crippen molar-refractivity contribution in [2.75, 3.05) is 13.6 Å². The zero-order valence-electron chi connectivity index (χ0n) is 50.8. The monoisotopic (exact) mass is 1250 g/mol. The summed E-state index contributed by atoms with van der Waals surface area (Å²) in [6, 6.07) is 30.3. The predicted molar refractivity (Wildman–Crippen MR) is 332 cm³/mol. The van der Waals surface area contributed by atoms with Gasteiger partial charge in [-0.1, -0.05) is 132 Å².